The molecule has 1 aliphatic rings. The summed E-state index contributed by atoms with van der Waals surface area (Å²) in [5.41, 5.74) is 1.90. The molecule has 130 valence electrons. The van der Waals surface area contributed by atoms with Crippen molar-refractivity contribution in [1.82, 2.24) is 0 Å². The van der Waals surface area contributed by atoms with Crippen molar-refractivity contribution in [2.75, 3.05) is 4.90 Å². The lowest BCUT2D eigenvalue weighted by atomic mass is 10.1. The molecule has 0 aromatic heterocycles. The molecule has 25 heavy (non-hydrogen) atoms. The highest BCUT2D eigenvalue weighted by atomic mass is 35.5. The van der Waals surface area contributed by atoms with E-state index in [2.05, 4.69) is 0 Å². The summed E-state index contributed by atoms with van der Waals surface area (Å²) in [6, 6.07) is 11.7. The normalized spacial score (nSPS) is 17.1. The van der Waals surface area contributed by atoms with E-state index < -0.39 is 11.0 Å². The van der Waals surface area contributed by atoms with E-state index in [9.17, 15) is 14.9 Å². The van der Waals surface area contributed by atoms with Crippen molar-refractivity contribution >= 4 is 28.9 Å². The van der Waals surface area contributed by atoms with Gasteiger partial charge >= 0.3 is 0 Å². The summed E-state index contributed by atoms with van der Waals surface area (Å²) in [6.45, 7) is 3.64. The molecule has 1 aliphatic heterocycles. The van der Waals surface area contributed by atoms with Gasteiger partial charge in [-0.25, -0.2) is 0 Å². The lowest BCUT2D eigenvalue weighted by molar-refractivity contribution is -0.384. The second-order valence-corrected chi connectivity index (χ2v) is 6.43. The van der Waals surface area contributed by atoms with Crippen LogP contribution in [0.25, 0.3) is 0 Å². The predicted molar refractivity (Wildman–Crippen MR) is 95.3 cm³/mol. The van der Waals surface area contributed by atoms with E-state index in [-0.39, 0.29) is 28.4 Å². The van der Waals surface area contributed by atoms with Crippen LogP contribution in [0, 0.1) is 10.1 Å². The van der Waals surface area contributed by atoms with Gasteiger partial charge in [0.15, 0.2) is 6.10 Å². The zero-order valence-corrected chi connectivity index (χ0v) is 14.6. The molecule has 2 aromatic rings. The van der Waals surface area contributed by atoms with Gasteiger partial charge in [0.1, 0.15) is 5.75 Å². The fourth-order valence-corrected chi connectivity index (χ4v) is 3.26. The molecule has 1 amide bonds. The summed E-state index contributed by atoms with van der Waals surface area (Å²) in [6.07, 6.45) is 0.0278. The Kier molecular flexibility index (Phi) is 4.63. The number of amides is 1. The number of carbonyl (C=O) groups excluding carboxylic acids is 1. The number of hydrogen-bond donors (Lipinski definition) is 0. The Labute approximate surface area is 150 Å². The zero-order valence-electron chi connectivity index (χ0n) is 13.8. The number of nitro groups is 1. The van der Waals surface area contributed by atoms with Crippen molar-refractivity contribution in [2.45, 2.75) is 32.4 Å². The number of nitro benzene ring substituents is 1. The number of halogens is 1. The molecule has 0 N–H and O–H groups in total. The second-order valence-electron chi connectivity index (χ2n) is 6.02. The molecule has 6 nitrogen and oxygen atoms in total. The summed E-state index contributed by atoms with van der Waals surface area (Å²) >= 11 is 6.04. The summed E-state index contributed by atoms with van der Waals surface area (Å²) in [5, 5.41) is 10.9. The highest BCUT2D eigenvalue weighted by Crippen LogP contribution is 2.34. The fraction of sp³-hybridized carbons (Fsp3) is 0.278. The maximum Gasteiger partial charge on any atom is 0.271 e. The van der Waals surface area contributed by atoms with E-state index >= 15 is 0 Å². The summed E-state index contributed by atoms with van der Waals surface area (Å²) in [4.78, 5) is 24.8. The van der Waals surface area contributed by atoms with Crippen LogP contribution in [0.4, 0.5) is 11.4 Å². The molecule has 0 saturated carbocycles. The van der Waals surface area contributed by atoms with Crippen LogP contribution in [0.15, 0.2) is 42.5 Å². The first-order valence-corrected chi connectivity index (χ1v) is 8.28. The molecule has 1 heterocycles. The first kappa shape index (κ1) is 17.2. The van der Waals surface area contributed by atoms with Gasteiger partial charge in [-0.2, -0.15) is 0 Å². The zero-order chi connectivity index (χ0) is 18.1. The minimum Gasteiger partial charge on any atom is -0.479 e. The van der Waals surface area contributed by atoms with Gasteiger partial charge in [-0.3, -0.25) is 14.9 Å². The third kappa shape index (κ3) is 3.30. The minimum absolute atomic E-state index is 0.0447. The van der Waals surface area contributed by atoms with Gasteiger partial charge in [-0.15, -0.1) is 0 Å². The van der Waals surface area contributed by atoms with E-state index in [1.165, 1.54) is 18.2 Å². The Morgan fingerprint density at radius 1 is 1.36 bits per heavy atom. The smallest absolute Gasteiger partial charge is 0.271 e. The highest BCUT2D eigenvalue weighted by molar-refractivity contribution is 6.32. The molecule has 3 rings (SSSR count). The van der Waals surface area contributed by atoms with Gasteiger partial charge in [0.25, 0.3) is 11.6 Å². The Bertz CT molecular complexity index is 840. The molecule has 0 fully saturated rings. The van der Waals surface area contributed by atoms with E-state index in [1.807, 2.05) is 31.2 Å². The Balaban J connectivity index is 1.79. The minimum atomic E-state index is -0.771. The number of hydrogen-bond acceptors (Lipinski definition) is 4. The van der Waals surface area contributed by atoms with Crippen LogP contribution in [0.5, 0.6) is 5.75 Å². The molecule has 7 heteroatoms. The summed E-state index contributed by atoms with van der Waals surface area (Å²) in [5.74, 6) is 0.0696. The first-order chi connectivity index (χ1) is 11.9. The molecule has 0 aliphatic carbocycles. The van der Waals surface area contributed by atoms with Crippen LogP contribution in [-0.4, -0.2) is 23.0 Å². The molecular weight excluding hydrogens is 344 g/mol. The van der Waals surface area contributed by atoms with E-state index in [0.29, 0.717) is 0 Å². The number of non-ortho nitro benzene ring substituents is 1. The largest absolute Gasteiger partial charge is 0.479 e. The van der Waals surface area contributed by atoms with Gasteiger partial charge in [0.05, 0.1) is 9.95 Å². The molecule has 0 spiro atoms. The lowest BCUT2D eigenvalue weighted by Crippen LogP contribution is -2.43. The Hall–Kier alpha value is -2.60. The van der Waals surface area contributed by atoms with Crippen LogP contribution in [0.1, 0.15) is 19.4 Å². The molecule has 2 aromatic carbocycles. The highest BCUT2D eigenvalue weighted by Gasteiger charge is 2.34. The third-order valence-corrected chi connectivity index (χ3v) is 4.52. The van der Waals surface area contributed by atoms with Crippen LogP contribution in [0.3, 0.4) is 0 Å². The Morgan fingerprint density at radius 2 is 2.08 bits per heavy atom. The van der Waals surface area contributed by atoms with E-state index in [1.54, 1.807) is 11.8 Å². The maximum atomic E-state index is 12.9. The number of benzene rings is 2. The number of carbonyl (C=O) groups is 1. The van der Waals surface area contributed by atoms with Crippen LogP contribution >= 0.6 is 11.6 Å². The number of rotatable bonds is 4. The molecule has 0 bridgehead atoms. The summed E-state index contributed by atoms with van der Waals surface area (Å²) < 4.78 is 5.67. The van der Waals surface area contributed by atoms with Crippen molar-refractivity contribution in [3.63, 3.8) is 0 Å². The monoisotopic (exact) mass is 360 g/mol. The number of para-hydroxylation sites is 1. The number of fused-ring (bicyclic) bond motifs is 1. The van der Waals surface area contributed by atoms with Gasteiger partial charge in [0.2, 0.25) is 0 Å². The predicted octanol–water partition coefficient (Wildman–Crippen LogP) is 3.99. The summed E-state index contributed by atoms with van der Waals surface area (Å²) in [7, 11) is 0. The SMILES string of the molecule is C[C@H](Oc1ccc([N+](=O)[O-])cc1Cl)C(=O)N1c2ccccc2C[C@H]1C. The number of nitrogens with zero attached hydrogens (tertiary/aromatic N) is 2. The average Bonchev–Trinajstić information content (AvgIpc) is 2.91. The second kappa shape index (κ2) is 6.72. The number of ether oxygens (including phenoxy) is 1. The number of anilines is 1. The third-order valence-electron chi connectivity index (χ3n) is 4.22. The first-order valence-electron chi connectivity index (χ1n) is 7.90. The molecule has 0 saturated heterocycles. The van der Waals surface area contributed by atoms with Crippen molar-refractivity contribution in [3.8, 4) is 5.75 Å². The standard InChI is InChI=1S/C18H17ClN2O4/c1-11-9-13-5-3-4-6-16(13)20(11)18(22)12(2)25-17-8-7-14(21(23)24)10-15(17)19/h3-8,10-12H,9H2,1-2H3/t11-,12+/m1/s1. The fourth-order valence-electron chi connectivity index (χ4n) is 3.04. The maximum absolute atomic E-state index is 12.9. The molecule has 0 unspecified atom stereocenters. The molecule has 2 atom stereocenters. The lowest BCUT2D eigenvalue weighted by Gasteiger charge is -2.26. The van der Waals surface area contributed by atoms with E-state index in [0.717, 1.165) is 17.7 Å². The van der Waals surface area contributed by atoms with Crippen molar-refractivity contribution in [2.24, 2.45) is 0 Å². The van der Waals surface area contributed by atoms with Crippen molar-refractivity contribution in [1.29, 1.82) is 0 Å². The van der Waals surface area contributed by atoms with Gasteiger partial charge in [-0.05, 0) is 38.0 Å². The average molecular weight is 361 g/mol. The van der Waals surface area contributed by atoms with Crippen LogP contribution < -0.4 is 9.64 Å². The topological polar surface area (TPSA) is 72.7 Å². The van der Waals surface area contributed by atoms with Crippen LogP contribution in [0.2, 0.25) is 5.02 Å². The Morgan fingerprint density at radius 3 is 2.76 bits per heavy atom. The molecule has 0 radical (unpaired) electrons. The quantitative estimate of drug-likeness (QED) is 0.610. The van der Waals surface area contributed by atoms with Crippen LogP contribution in [-0.2, 0) is 11.2 Å². The van der Waals surface area contributed by atoms with E-state index in [4.69, 9.17) is 16.3 Å². The molecular formula is C18H17ClN2O4. The van der Waals surface area contributed by atoms with Crippen molar-refractivity contribution in [3.05, 3.63) is 63.2 Å². The van der Waals surface area contributed by atoms with Gasteiger partial charge < -0.3 is 9.64 Å². The van der Waals surface area contributed by atoms with Gasteiger partial charge in [0, 0.05) is 23.9 Å². The van der Waals surface area contributed by atoms with Gasteiger partial charge in [-0.1, -0.05) is 29.8 Å². The van der Waals surface area contributed by atoms with Crippen molar-refractivity contribution < 1.29 is 14.5 Å².